The van der Waals surface area contributed by atoms with Crippen LogP contribution < -0.4 is 4.74 Å². The third-order valence-electron chi connectivity index (χ3n) is 4.03. The lowest BCUT2D eigenvalue weighted by molar-refractivity contribution is -0.0360. The molecule has 3 atom stereocenters. The number of hydrogen-bond donors (Lipinski definition) is 2. The molecular formula is C17H18O4. The number of ether oxygens (including phenoxy) is 1. The predicted molar refractivity (Wildman–Crippen MR) is 78.4 cm³/mol. The van der Waals surface area contributed by atoms with E-state index < -0.39 is 12.3 Å². The molecular weight excluding hydrogens is 268 g/mol. The van der Waals surface area contributed by atoms with Gasteiger partial charge in [-0.1, -0.05) is 25.2 Å². The summed E-state index contributed by atoms with van der Waals surface area (Å²) in [5.41, 5.74) is 2.21. The van der Waals surface area contributed by atoms with Gasteiger partial charge in [0.05, 0.1) is 5.56 Å². The summed E-state index contributed by atoms with van der Waals surface area (Å²) in [6.45, 7) is 2.15. The molecule has 21 heavy (non-hydrogen) atoms. The molecule has 0 amide bonds. The van der Waals surface area contributed by atoms with Gasteiger partial charge in [0.1, 0.15) is 5.75 Å². The smallest absolute Gasteiger partial charge is 0.335 e. The summed E-state index contributed by atoms with van der Waals surface area (Å²) >= 11 is 0. The Kier molecular flexibility index (Phi) is 3.55. The van der Waals surface area contributed by atoms with Crippen LogP contribution in [0.1, 0.15) is 41.6 Å². The van der Waals surface area contributed by atoms with Gasteiger partial charge in [-0.2, -0.15) is 0 Å². The topological polar surface area (TPSA) is 66.8 Å². The average molecular weight is 286 g/mol. The maximum Gasteiger partial charge on any atom is 0.335 e. The molecule has 0 aromatic heterocycles. The zero-order valence-electron chi connectivity index (χ0n) is 11.8. The standard InChI is InChI=1S/C17H18O4/c1-10-3-2-4-11(7-10)13-9-16(18)21-15-6-5-12(17(19)20)8-14(13)15/h2,4-8,10,13,16,18H,3,9H2,1H3,(H,19,20). The largest absolute Gasteiger partial charge is 0.478 e. The number of carbonyl (C=O) groups is 1. The second kappa shape index (κ2) is 5.37. The van der Waals surface area contributed by atoms with Gasteiger partial charge < -0.3 is 14.9 Å². The first-order valence-corrected chi connectivity index (χ1v) is 7.15. The summed E-state index contributed by atoms with van der Waals surface area (Å²) in [6.07, 6.45) is 6.99. The highest BCUT2D eigenvalue weighted by atomic mass is 16.6. The molecule has 0 bridgehead atoms. The van der Waals surface area contributed by atoms with E-state index >= 15 is 0 Å². The second-order valence-corrected chi connectivity index (χ2v) is 5.70. The van der Waals surface area contributed by atoms with Gasteiger partial charge >= 0.3 is 5.97 Å². The van der Waals surface area contributed by atoms with Crippen LogP contribution in [0.2, 0.25) is 0 Å². The molecule has 4 nitrogen and oxygen atoms in total. The van der Waals surface area contributed by atoms with Crippen LogP contribution in [-0.2, 0) is 0 Å². The lowest BCUT2D eigenvalue weighted by atomic mass is 9.81. The van der Waals surface area contributed by atoms with Gasteiger partial charge in [-0.3, -0.25) is 0 Å². The molecule has 2 aliphatic rings. The minimum atomic E-state index is -0.954. The monoisotopic (exact) mass is 286 g/mol. The van der Waals surface area contributed by atoms with E-state index in [0.717, 1.165) is 17.6 Å². The molecule has 0 spiro atoms. The molecule has 2 N–H and O–H groups in total. The summed E-state index contributed by atoms with van der Waals surface area (Å²) in [6, 6.07) is 4.79. The van der Waals surface area contributed by atoms with E-state index in [1.165, 1.54) is 6.07 Å². The van der Waals surface area contributed by atoms with Gasteiger partial charge in [0, 0.05) is 17.9 Å². The number of aromatic carboxylic acids is 1. The number of allylic oxidation sites excluding steroid dienone is 4. The summed E-state index contributed by atoms with van der Waals surface area (Å²) in [5.74, 6) is 0.0404. The second-order valence-electron chi connectivity index (χ2n) is 5.70. The maximum atomic E-state index is 11.2. The van der Waals surface area contributed by atoms with Crippen LogP contribution in [0, 0.1) is 5.92 Å². The van der Waals surface area contributed by atoms with Gasteiger partial charge in [-0.15, -0.1) is 0 Å². The first-order valence-electron chi connectivity index (χ1n) is 7.15. The van der Waals surface area contributed by atoms with Crippen LogP contribution in [-0.4, -0.2) is 22.5 Å². The van der Waals surface area contributed by atoms with Gasteiger partial charge in [0.2, 0.25) is 0 Å². The fourth-order valence-corrected chi connectivity index (χ4v) is 3.00. The Morgan fingerprint density at radius 2 is 2.19 bits per heavy atom. The Hall–Kier alpha value is -2.07. The molecule has 0 radical (unpaired) electrons. The third-order valence-corrected chi connectivity index (χ3v) is 4.03. The van der Waals surface area contributed by atoms with E-state index in [4.69, 9.17) is 9.84 Å². The third kappa shape index (κ3) is 2.72. The van der Waals surface area contributed by atoms with E-state index in [1.54, 1.807) is 12.1 Å². The van der Waals surface area contributed by atoms with Crippen LogP contribution in [0.25, 0.3) is 0 Å². The van der Waals surface area contributed by atoms with E-state index in [1.807, 2.05) is 0 Å². The molecule has 0 saturated heterocycles. The number of hydrogen-bond acceptors (Lipinski definition) is 3. The Balaban J connectivity index is 2.05. The minimum absolute atomic E-state index is 0.0259. The van der Waals surface area contributed by atoms with Crippen molar-refractivity contribution in [3.05, 3.63) is 53.1 Å². The maximum absolute atomic E-state index is 11.2. The number of aliphatic hydroxyl groups is 1. The van der Waals surface area contributed by atoms with Crippen molar-refractivity contribution in [2.24, 2.45) is 5.92 Å². The number of fused-ring (bicyclic) bond motifs is 1. The van der Waals surface area contributed by atoms with Gasteiger partial charge in [-0.05, 0) is 36.1 Å². The van der Waals surface area contributed by atoms with E-state index in [-0.39, 0.29) is 11.5 Å². The average Bonchev–Trinajstić information content (AvgIpc) is 2.45. The summed E-state index contributed by atoms with van der Waals surface area (Å²) in [5, 5.41) is 19.1. The number of rotatable bonds is 2. The molecule has 3 rings (SSSR count). The zero-order chi connectivity index (χ0) is 15.0. The Morgan fingerprint density at radius 3 is 2.90 bits per heavy atom. The van der Waals surface area contributed by atoms with Crippen LogP contribution in [0.4, 0.5) is 0 Å². The van der Waals surface area contributed by atoms with Crippen molar-refractivity contribution in [2.45, 2.75) is 32.0 Å². The first-order chi connectivity index (χ1) is 10.0. The molecule has 1 aliphatic heterocycles. The van der Waals surface area contributed by atoms with E-state index in [2.05, 4.69) is 25.2 Å². The highest BCUT2D eigenvalue weighted by Gasteiger charge is 2.30. The highest BCUT2D eigenvalue weighted by molar-refractivity contribution is 5.88. The molecule has 1 aromatic rings. The van der Waals surface area contributed by atoms with Crippen LogP contribution in [0.5, 0.6) is 5.75 Å². The summed E-state index contributed by atoms with van der Waals surface area (Å²) < 4.78 is 5.43. The van der Waals surface area contributed by atoms with Crippen molar-refractivity contribution < 1.29 is 19.7 Å². The number of aliphatic hydroxyl groups excluding tert-OH is 1. The molecule has 1 aromatic carbocycles. The molecule has 1 aliphatic carbocycles. The minimum Gasteiger partial charge on any atom is -0.478 e. The van der Waals surface area contributed by atoms with E-state index in [9.17, 15) is 9.90 Å². The molecule has 110 valence electrons. The lowest BCUT2D eigenvalue weighted by Crippen LogP contribution is -2.26. The molecule has 1 heterocycles. The zero-order valence-corrected chi connectivity index (χ0v) is 11.8. The van der Waals surface area contributed by atoms with E-state index in [0.29, 0.717) is 18.1 Å². The molecule has 4 heteroatoms. The Morgan fingerprint density at radius 1 is 1.38 bits per heavy atom. The normalized spacial score (nSPS) is 27.5. The SMILES string of the molecule is CC1C=C(C2CC(O)Oc3ccc(C(=O)O)cc32)C=CC1. The Bertz CT molecular complexity index is 630. The number of carboxylic acids is 1. The van der Waals surface area contributed by atoms with Crippen molar-refractivity contribution in [3.8, 4) is 5.75 Å². The summed E-state index contributed by atoms with van der Waals surface area (Å²) in [4.78, 5) is 11.2. The van der Waals surface area contributed by atoms with Gasteiger partial charge in [0.15, 0.2) is 6.29 Å². The van der Waals surface area contributed by atoms with Crippen molar-refractivity contribution in [1.82, 2.24) is 0 Å². The summed E-state index contributed by atoms with van der Waals surface area (Å²) in [7, 11) is 0. The quantitative estimate of drug-likeness (QED) is 0.876. The van der Waals surface area contributed by atoms with Crippen molar-refractivity contribution in [3.63, 3.8) is 0 Å². The molecule has 0 saturated carbocycles. The van der Waals surface area contributed by atoms with Crippen LogP contribution in [0.15, 0.2) is 42.0 Å². The first kappa shape index (κ1) is 13.9. The number of carboxylic acid groups (broad SMARTS) is 1. The van der Waals surface area contributed by atoms with Crippen molar-refractivity contribution in [1.29, 1.82) is 0 Å². The van der Waals surface area contributed by atoms with Crippen LogP contribution in [0.3, 0.4) is 0 Å². The highest BCUT2D eigenvalue weighted by Crippen LogP contribution is 2.42. The van der Waals surface area contributed by atoms with Crippen molar-refractivity contribution >= 4 is 5.97 Å². The Labute approximate surface area is 123 Å². The fraction of sp³-hybridized carbons (Fsp3) is 0.353. The van der Waals surface area contributed by atoms with Crippen LogP contribution >= 0.6 is 0 Å². The van der Waals surface area contributed by atoms with Crippen molar-refractivity contribution in [2.75, 3.05) is 0 Å². The molecule has 3 unspecified atom stereocenters. The lowest BCUT2D eigenvalue weighted by Gasteiger charge is -2.31. The van der Waals surface area contributed by atoms with Gasteiger partial charge in [0.25, 0.3) is 0 Å². The van der Waals surface area contributed by atoms with Gasteiger partial charge in [-0.25, -0.2) is 4.79 Å². The number of benzene rings is 1. The fourth-order valence-electron chi connectivity index (χ4n) is 3.00. The predicted octanol–water partition coefficient (Wildman–Crippen LogP) is 3.09. The molecule has 0 fully saturated rings.